The van der Waals surface area contributed by atoms with Gasteiger partial charge >= 0.3 is 0 Å². The number of rotatable bonds is 9. The molecule has 7 heteroatoms. The van der Waals surface area contributed by atoms with Crippen LogP contribution in [0.25, 0.3) is 0 Å². The molecule has 3 N–H and O–H groups in total. The molecular weight excluding hydrogens is 430 g/mol. The third-order valence-electron chi connectivity index (χ3n) is 5.37. The number of amides is 3. The van der Waals surface area contributed by atoms with E-state index in [1.807, 2.05) is 38.1 Å². The van der Waals surface area contributed by atoms with E-state index in [9.17, 15) is 14.4 Å². The quantitative estimate of drug-likeness (QED) is 0.423. The van der Waals surface area contributed by atoms with Crippen LogP contribution >= 0.6 is 0 Å². The first kappa shape index (κ1) is 24.5. The number of nitrogens with one attached hydrogen (secondary N) is 3. The van der Waals surface area contributed by atoms with Crippen molar-refractivity contribution in [3.63, 3.8) is 0 Å². The van der Waals surface area contributed by atoms with Crippen molar-refractivity contribution in [3.8, 4) is 5.75 Å². The Hall–Kier alpha value is -4.13. The molecule has 0 aliphatic carbocycles. The Morgan fingerprint density at radius 1 is 0.765 bits per heavy atom. The molecule has 7 nitrogen and oxygen atoms in total. The highest BCUT2D eigenvalue weighted by Gasteiger charge is 2.16. The third-order valence-corrected chi connectivity index (χ3v) is 5.37. The molecule has 0 spiro atoms. The van der Waals surface area contributed by atoms with Crippen molar-refractivity contribution in [1.82, 2.24) is 10.6 Å². The van der Waals surface area contributed by atoms with Crippen LogP contribution in [0.4, 0.5) is 5.69 Å². The molecule has 3 amide bonds. The topological polar surface area (TPSA) is 96.5 Å². The molecule has 176 valence electrons. The zero-order valence-corrected chi connectivity index (χ0v) is 19.6. The van der Waals surface area contributed by atoms with E-state index < -0.39 is 6.10 Å². The average molecular weight is 460 g/mol. The number of hydrogen-bond donors (Lipinski definition) is 3. The van der Waals surface area contributed by atoms with Gasteiger partial charge in [0.25, 0.3) is 17.7 Å². The molecule has 0 bridgehead atoms. The van der Waals surface area contributed by atoms with Crippen LogP contribution in [-0.2, 0) is 4.79 Å². The summed E-state index contributed by atoms with van der Waals surface area (Å²) in [6.45, 7) is 6.24. The number of ether oxygens (including phenoxy) is 1. The van der Waals surface area contributed by atoms with E-state index >= 15 is 0 Å². The fraction of sp³-hybridized carbons (Fsp3) is 0.222. The van der Waals surface area contributed by atoms with Crippen molar-refractivity contribution in [2.75, 3.05) is 18.4 Å². The van der Waals surface area contributed by atoms with Gasteiger partial charge < -0.3 is 20.7 Å². The van der Waals surface area contributed by atoms with E-state index in [-0.39, 0.29) is 17.7 Å². The predicted octanol–water partition coefficient (Wildman–Crippen LogP) is 3.87. The highest BCUT2D eigenvalue weighted by molar-refractivity contribution is 5.97. The van der Waals surface area contributed by atoms with Crippen molar-refractivity contribution in [2.45, 2.75) is 26.9 Å². The molecule has 3 rings (SSSR count). The summed E-state index contributed by atoms with van der Waals surface area (Å²) in [5, 5.41) is 8.32. The average Bonchev–Trinajstić information content (AvgIpc) is 2.85. The monoisotopic (exact) mass is 459 g/mol. The summed E-state index contributed by atoms with van der Waals surface area (Å²) in [4.78, 5) is 36.8. The SMILES string of the molecule is Cc1cccc(OC(C)C(=O)Nc2ccc(C(=O)NCCNC(=O)c3ccccc3)cc2)c1C. The molecule has 1 atom stereocenters. The molecular formula is C27H29N3O4. The minimum Gasteiger partial charge on any atom is -0.481 e. The molecule has 0 aliphatic heterocycles. The number of carbonyl (C=O) groups is 3. The minimum atomic E-state index is -0.686. The van der Waals surface area contributed by atoms with Crippen LogP contribution in [-0.4, -0.2) is 36.9 Å². The van der Waals surface area contributed by atoms with E-state index in [1.165, 1.54) is 0 Å². The van der Waals surface area contributed by atoms with Crippen LogP contribution in [0.15, 0.2) is 72.8 Å². The molecule has 0 radical (unpaired) electrons. The van der Waals surface area contributed by atoms with Gasteiger partial charge in [-0.15, -0.1) is 0 Å². The lowest BCUT2D eigenvalue weighted by atomic mass is 10.1. The highest BCUT2D eigenvalue weighted by atomic mass is 16.5. The van der Waals surface area contributed by atoms with Crippen LogP contribution in [0.1, 0.15) is 38.8 Å². The van der Waals surface area contributed by atoms with Crippen molar-refractivity contribution in [2.24, 2.45) is 0 Å². The van der Waals surface area contributed by atoms with Crippen LogP contribution < -0.4 is 20.7 Å². The van der Waals surface area contributed by atoms with E-state index in [2.05, 4.69) is 16.0 Å². The number of benzene rings is 3. The standard InChI is InChI=1S/C27H29N3O4/c1-18-8-7-11-24(19(18)2)34-20(3)25(31)30-23-14-12-22(13-15-23)27(33)29-17-16-28-26(32)21-9-5-4-6-10-21/h4-15,20H,16-17H2,1-3H3,(H,28,32)(H,29,33)(H,30,31). The Labute approximate surface area is 199 Å². The van der Waals surface area contributed by atoms with Gasteiger partial charge in [-0.1, -0.05) is 30.3 Å². The molecule has 0 fully saturated rings. The molecule has 0 heterocycles. The van der Waals surface area contributed by atoms with Gasteiger partial charge in [0, 0.05) is 29.9 Å². The highest BCUT2D eigenvalue weighted by Crippen LogP contribution is 2.22. The van der Waals surface area contributed by atoms with E-state index in [0.717, 1.165) is 11.1 Å². The predicted molar refractivity (Wildman–Crippen MR) is 132 cm³/mol. The van der Waals surface area contributed by atoms with Gasteiger partial charge in [-0.25, -0.2) is 0 Å². The van der Waals surface area contributed by atoms with Gasteiger partial charge in [0.2, 0.25) is 0 Å². The summed E-state index contributed by atoms with van der Waals surface area (Å²) in [5.41, 5.74) is 3.68. The lowest BCUT2D eigenvalue weighted by Gasteiger charge is -2.17. The van der Waals surface area contributed by atoms with Crippen LogP contribution in [0.5, 0.6) is 5.75 Å². The van der Waals surface area contributed by atoms with Crippen molar-refractivity contribution >= 4 is 23.4 Å². The van der Waals surface area contributed by atoms with Gasteiger partial charge in [-0.2, -0.15) is 0 Å². The second-order valence-corrected chi connectivity index (χ2v) is 7.90. The Balaban J connectivity index is 1.44. The van der Waals surface area contributed by atoms with Crippen LogP contribution in [0.2, 0.25) is 0 Å². The summed E-state index contributed by atoms with van der Waals surface area (Å²) in [6.07, 6.45) is -0.686. The van der Waals surface area contributed by atoms with Crippen molar-refractivity contribution in [1.29, 1.82) is 0 Å². The van der Waals surface area contributed by atoms with Crippen molar-refractivity contribution < 1.29 is 19.1 Å². The third kappa shape index (κ3) is 6.68. The molecule has 3 aromatic rings. The van der Waals surface area contributed by atoms with E-state index in [1.54, 1.807) is 55.5 Å². The second-order valence-electron chi connectivity index (χ2n) is 7.90. The summed E-state index contributed by atoms with van der Waals surface area (Å²) in [7, 11) is 0. The normalized spacial score (nSPS) is 11.3. The van der Waals surface area contributed by atoms with Crippen molar-refractivity contribution in [3.05, 3.63) is 95.1 Å². The largest absolute Gasteiger partial charge is 0.481 e. The van der Waals surface area contributed by atoms with Gasteiger partial charge in [0.15, 0.2) is 6.10 Å². The summed E-state index contributed by atoms with van der Waals surface area (Å²) in [6, 6.07) is 21.2. The maximum absolute atomic E-state index is 12.5. The fourth-order valence-electron chi connectivity index (χ4n) is 3.19. The second kappa shape index (κ2) is 11.7. The number of hydrogen-bond acceptors (Lipinski definition) is 4. The lowest BCUT2D eigenvalue weighted by Crippen LogP contribution is -2.34. The lowest BCUT2D eigenvalue weighted by molar-refractivity contribution is -0.122. The Morgan fingerprint density at radius 2 is 1.35 bits per heavy atom. The van der Waals surface area contributed by atoms with Gasteiger partial charge in [-0.05, 0) is 74.4 Å². The van der Waals surface area contributed by atoms with E-state index in [0.29, 0.717) is 35.7 Å². The molecule has 0 aromatic heterocycles. The minimum absolute atomic E-state index is 0.189. The maximum Gasteiger partial charge on any atom is 0.265 e. The number of aryl methyl sites for hydroxylation is 1. The maximum atomic E-state index is 12.5. The molecule has 0 saturated heterocycles. The Kier molecular flexibility index (Phi) is 8.40. The first-order chi connectivity index (χ1) is 16.3. The van der Waals surface area contributed by atoms with Crippen LogP contribution in [0, 0.1) is 13.8 Å². The first-order valence-electron chi connectivity index (χ1n) is 11.1. The molecule has 1 unspecified atom stereocenters. The fourth-order valence-corrected chi connectivity index (χ4v) is 3.19. The zero-order chi connectivity index (χ0) is 24.5. The first-order valence-corrected chi connectivity index (χ1v) is 11.1. The molecule has 3 aromatic carbocycles. The Bertz CT molecular complexity index is 1140. The van der Waals surface area contributed by atoms with Gasteiger partial charge in [0.1, 0.15) is 5.75 Å². The summed E-state index contributed by atoms with van der Waals surface area (Å²) >= 11 is 0. The van der Waals surface area contributed by atoms with Gasteiger partial charge in [0.05, 0.1) is 0 Å². The smallest absolute Gasteiger partial charge is 0.265 e. The molecule has 0 saturated carbocycles. The summed E-state index contributed by atoms with van der Waals surface area (Å²) in [5.74, 6) is -0.0638. The Morgan fingerprint density at radius 3 is 1.97 bits per heavy atom. The molecule has 34 heavy (non-hydrogen) atoms. The van der Waals surface area contributed by atoms with Gasteiger partial charge in [-0.3, -0.25) is 14.4 Å². The zero-order valence-electron chi connectivity index (χ0n) is 19.6. The summed E-state index contributed by atoms with van der Waals surface area (Å²) < 4.78 is 5.82. The number of anilines is 1. The van der Waals surface area contributed by atoms with Crippen LogP contribution in [0.3, 0.4) is 0 Å². The number of carbonyl (C=O) groups excluding carboxylic acids is 3. The van der Waals surface area contributed by atoms with E-state index in [4.69, 9.17) is 4.74 Å². The molecule has 0 aliphatic rings.